The number of hydrogen-bond acceptors (Lipinski definition) is 4. The van der Waals surface area contributed by atoms with Crippen molar-refractivity contribution < 1.29 is 14.3 Å². The number of rotatable bonds is 4. The van der Waals surface area contributed by atoms with Crippen LogP contribution in [0.2, 0.25) is 5.02 Å². The van der Waals surface area contributed by atoms with E-state index < -0.39 is 0 Å². The Bertz CT molecular complexity index is 530. The molecule has 7 heteroatoms. The van der Waals surface area contributed by atoms with Crippen molar-refractivity contribution in [3.8, 4) is 0 Å². The average Bonchev–Trinajstić information content (AvgIpc) is 2.50. The van der Waals surface area contributed by atoms with Crippen LogP contribution in [0.3, 0.4) is 0 Å². The molecule has 0 saturated carbocycles. The van der Waals surface area contributed by atoms with Crippen LogP contribution in [0.25, 0.3) is 0 Å². The van der Waals surface area contributed by atoms with Crippen molar-refractivity contribution >= 4 is 29.1 Å². The Morgan fingerprint density at radius 2 is 2.05 bits per heavy atom. The van der Waals surface area contributed by atoms with Crippen LogP contribution in [0.4, 0.5) is 5.69 Å². The summed E-state index contributed by atoms with van der Waals surface area (Å²) < 4.78 is 5.18. The number of nitrogens with two attached hydrogens (primary N) is 1. The number of nitrogen functional groups attached to an aromatic ring is 1. The molecule has 6 nitrogen and oxygen atoms in total. The topological polar surface area (TPSA) is 84.7 Å². The summed E-state index contributed by atoms with van der Waals surface area (Å²) in [4.78, 5) is 25.6. The van der Waals surface area contributed by atoms with E-state index in [9.17, 15) is 9.59 Å². The number of carbonyl (C=O) groups is 2. The number of amides is 2. The highest BCUT2D eigenvalue weighted by atomic mass is 35.5. The molecule has 0 radical (unpaired) electrons. The first-order valence-corrected chi connectivity index (χ1v) is 7.14. The summed E-state index contributed by atoms with van der Waals surface area (Å²) in [5.41, 5.74) is 6.44. The summed E-state index contributed by atoms with van der Waals surface area (Å²) in [7, 11) is 0. The smallest absolute Gasteiger partial charge is 0.251 e. The minimum atomic E-state index is -0.272. The van der Waals surface area contributed by atoms with E-state index in [1.165, 1.54) is 6.07 Å². The number of benzene rings is 1. The van der Waals surface area contributed by atoms with Crippen LogP contribution in [0.5, 0.6) is 0 Å². The predicted molar refractivity (Wildman–Crippen MR) is 80.2 cm³/mol. The summed E-state index contributed by atoms with van der Waals surface area (Å²) in [6.45, 7) is 2.65. The highest BCUT2D eigenvalue weighted by Crippen LogP contribution is 2.19. The standard InChI is InChI=1S/C14H18ClN3O3/c15-11-9-10(1-2-12(11)16)14(20)17-4-3-13(19)18-5-7-21-8-6-18/h1-2,9H,3-8,16H2,(H,17,20). The summed E-state index contributed by atoms with van der Waals surface area (Å²) in [5.74, 6) is -0.249. The molecule has 0 aromatic heterocycles. The SMILES string of the molecule is Nc1ccc(C(=O)NCCC(=O)N2CCOCC2)cc1Cl. The van der Waals surface area contributed by atoms with E-state index in [-0.39, 0.29) is 24.8 Å². The van der Waals surface area contributed by atoms with E-state index in [1.807, 2.05) is 0 Å². The molecular formula is C14H18ClN3O3. The van der Waals surface area contributed by atoms with Crippen LogP contribution < -0.4 is 11.1 Å². The number of nitrogens with zero attached hydrogens (tertiary/aromatic N) is 1. The number of ether oxygens (including phenoxy) is 1. The van der Waals surface area contributed by atoms with Gasteiger partial charge >= 0.3 is 0 Å². The van der Waals surface area contributed by atoms with Crippen molar-refractivity contribution in [1.29, 1.82) is 0 Å². The molecule has 114 valence electrons. The lowest BCUT2D eigenvalue weighted by molar-refractivity contribution is -0.135. The Morgan fingerprint density at radius 1 is 1.33 bits per heavy atom. The van der Waals surface area contributed by atoms with Crippen LogP contribution in [-0.2, 0) is 9.53 Å². The molecule has 2 rings (SSSR count). The van der Waals surface area contributed by atoms with Gasteiger partial charge in [0, 0.05) is 31.6 Å². The maximum atomic E-state index is 11.9. The third-order valence-electron chi connectivity index (χ3n) is 3.25. The molecule has 0 bridgehead atoms. The van der Waals surface area contributed by atoms with Crippen molar-refractivity contribution in [1.82, 2.24) is 10.2 Å². The summed E-state index contributed by atoms with van der Waals surface area (Å²) in [6, 6.07) is 4.69. The second-order valence-corrected chi connectivity index (χ2v) is 5.14. The summed E-state index contributed by atoms with van der Waals surface area (Å²) in [6.07, 6.45) is 0.272. The molecule has 2 amide bonds. The molecule has 1 aromatic carbocycles. The van der Waals surface area contributed by atoms with E-state index in [1.54, 1.807) is 17.0 Å². The van der Waals surface area contributed by atoms with Gasteiger partial charge in [-0.3, -0.25) is 9.59 Å². The van der Waals surface area contributed by atoms with Gasteiger partial charge in [-0.15, -0.1) is 0 Å². The average molecular weight is 312 g/mol. The monoisotopic (exact) mass is 311 g/mol. The molecule has 1 aliphatic heterocycles. The first-order valence-electron chi connectivity index (χ1n) is 6.76. The fourth-order valence-electron chi connectivity index (χ4n) is 2.02. The van der Waals surface area contributed by atoms with Crippen molar-refractivity contribution in [2.75, 3.05) is 38.6 Å². The third kappa shape index (κ3) is 4.34. The zero-order chi connectivity index (χ0) is 15.2. The van der Waals surface area contributed by atoms with Gasteiger partial charge < -0.3 is 20.7 Å². The molecule has 1 fully saturated rings. The van der Waals surface area contributed by atoms with Gasteiger partial charge in [-0.1, -0.05) is 11.6 Å². The number of halogens is 1. The van der Waals surface area contributed by atoms with Crippen LogP contribution in [0.1, 0.15) is 16.8 Å². The Labute approximate surface area is 128 Å². The lowest BCUT2D eigenvalue weighted by atomic mass is 10.2. The van der Waals surface area contributed by atoms with Crippen molar-refractivity contribution in [3.05, 3.63) is 28.8 Å². The van der Waals surface area contributed by atoms with Gasteiger partial charge in [0.1, 0.15) is 0 Å². The third-order valence-corrected chi connectivity index (χ3v) is 3.58. The lowest BCUT2D eigenvalue weighted by Crippen LogP contribution is -2.42. The Balaban J connectivity index is 1.78. The van der Waals surface area contributed by atoms with E-state index in [4.69, 9.17) is 22.1 Å². The zero-order valence-corrected chi connectivity index (χ0v) is 12.4. The fourth-order valence-corrected chi connectivity index (χ4v) is 2.20. The Kier molecular flexibility index (Phi) is 5.41. The summed E-state index contributed by atoms with van der Waals surface area (Å²) >= 11 is 5.87. The zero-order valence-electron chi connectivity index (χ0n) is 11.6. The predicted octanol–water partition coefficient (Wildman–Crippen LogP) is 0.901. The molecule has 1 saturated heterocycles. The number of hydrogen-bond donors (Lipinski definition) is 2. The quantitative estimate of drug-likeness (QED) is 0.809. The van der Waals surface area contributed by atoms with Crippen LogP contribution in [0.15, 0.2) is 18.2 Å². The fraction of sp³-hybridized carbons (Fsp3) is 0.429. The molecule has 21 heavy (non-hydrogen) atoms. The maximum Gasteiger partial charge on any atom is 0.251 e. The Hall–Kier alpha value is -1.79. The first-order chi connectivity index (χ1) is 10.1. The maximum absolute atomic E-state index is 11.9. The van der Waals surface area contributed by atoms with Crippen LogP contribution in [0, 0.1) is 0 Å². The van der Waals surface area contributed by atoms with Gasteiger partial charge in [-0.05, 0) is 18.2 Å². The second-order valence-electron chi connectivity index (χ2n) is 4.74. The van der Waals surface area contributed by atoms with E-state index in [2.05, 4.69) is 5.32 Å². The number of morpholine rings is 1. The van der Waals surface area contributed by atoms with E-state index >= 15 is 0 Å². The highest BCUT2D eigenvalue weighted by Gasteiger charge is 2.16. The summed E-state index contributed by atoms with van der Waals surface area (Å²) in [5, 5.41) is 3.04. The van der Waals surface area contributed by atoms with E-state index in [0.717, 1.165) is 0 Å². The first kappa shape index (κ1) is 15.6. The molecule has 1 heterocycles. The highest BCUT2D eigenvalue weighted by molar-refractivity contribution is 6.33. The molecule has 0 aliphatic carbocycles. The number of anilines is 1. The molecule has 3 N–H and O–H groups in total. The van der Waals surface area contributed by atoms with Gasteiger partial charge in [0.2, 0.25) is 5.91 Å². The van der Waals surface area contributed by atoms with Gasteiger partial charge in [0.25, 0.3) is 5.91 Å². The second kappa shape index (κ2) is 7.28. The van der Waals surface area contributed by atoms with Gasteiger partial charge in [-0.25, -0.2) is 0 Å². The number of nitrogens with one attached hydrogen (secondary N) is 1. The van der Waals surface area contributed by atoms with Crippen LogP contribution in [-0.4, -0.2) is 49.6 Å². The minimum Gasteiger partial charge on any atom is -0.398 e. The molecule has 0 unspecified atom stereocenters. The Morgan fingerprint density at radius 3 is 2.71 bits per heavy atom. The van der Waals surface area contributed by atoms with Crippen LogP contribution >= 0.6 is 11.6 Å². The molecule has 1 aliphatic rings. The largest absolute Gasteiger partial charge is 0.398 e. The normalized spacial score (nSPS) is 14.8. The minimum absolute atomic E-state index is 0.0222. The van der Waals surface area contributed by atoms with Crippen molar-refractivity contribution in [2.45, 2.75) is 6.42 Å². The van der Waals surface area contributed by atoms with Gasteiger partial charge in [0.15, 0.2) is 0 Å². The van der Waals surface area contributed by atoms with Crippen molar-refractivity contribution in [3.63, 3.8) is 0 Å². The van der Waals surface area contributed by atoms with Gasteiger partial charge in [0.05, 0.1) is 23.9 Å². The van der Waals surface area contributed by atoms with E-state index in [0.29, 0.717) is 42.6 Å². The lowest BCUT2D eigenvalue weighted by Gasteiger charge is -2.26. The molecule has 1 aromatic rings. The van der Waals surface area contributed by atoms with Crippen molar-refractivity contribution in [2.24, 2.45) is 0 Å². The molecular weight excluding hydrogens is 294 g/mol. The number of carbonyl (C=O) groups excluding carboxylic acids is 2. The molecule has 0 spiro atoms. The molecule has 0 atom stereocenters. The van der Waals surface area contributed by atoms with Gasteiger partial charge in [-0.2, -0.15) is 0 Å².